The molecule has 0 aliphatic heterocycles. The number of nitrogens with one attached hydrogen (secondary N) is 3. The molecule has 11 heteroatoms. The van der Waals surface area contributed by atoms with Gasteiger partial charge < -0.3 is 10.1 Å². The molecule has 0 aromatic heterocycles. The number of carbonyl (C=O) groups is 3. The smallest absolute Gasteiger partial charge is 0.324 e. The highest BCUT2D eigenvalue weighted by Gasteiger charge is 2.28. The molecule has 3 amide bonds. The van der Waals surface area contributed by atoms with Crippen molar-refractivity contribution < 1.29 is 27.5 Å². The summed E-state index contributed by atoms with van der Waals surface area (Å²) in [6.45, 7) is 2.55. The lowest BCUT2D eigenvalue weighted by atomic mass is 10.3. The van der Waals surface area contributed by atoms with Crippen LogP contribution in [0, 0.1) is 0 Å². The van der Waals surface area contributed by atoms with Crippen LogP contribution in [0.2, 0.25) is 5.02 Å². The number of ether oxygens (including phenoxy) is 1. The molecule has 1 fully saturated rings. The molecule has 2 rings (SSSR count). The Morgan fingerprint density at radius 1 is 1.15 bits per heavy atom. The zero-order valence-corrected chi connectivity index (χ0v) is 16.3. The molecular weight excluding hydrogens is 398 g/mol. The first kappa shape index (κ1) is 21.1. The largest absolute Gasteiger partial charge is 0.451 e. The van der Waals surface area contributed by atoms with Gasteiger partial charge in [-0.3, -0.25) is 14.9 Å². The fraction of sp³-hybridized carbons (Fsp3) is 0.438. The highest BCUT2D eigenvalue weighted by atomic mass is 35.5. The van der Waals surface area contributed by atoms with E-state index >= 15 is 0 Å². The number of hydrogen-bond acceptors (Lipinski definition) is 6. The maximum absolute atomic E-state index is 12.2. The molecule has 1 aliphatic carbocycles. The van der Waals surface area contributed by atoms with Crippen molar-refractivity contribution >= 4 is 39.5 Å². The number of hydrogen-bond donors (Lipinski definition) is 3. The Bertz CT molecular complexity index is 823. The van der Waals surface area contributed by atoms with Crippen LogP contribution in [0.4, 0.5) is 4.79 Å². The standard InChI is InChI=1S/C16H20ClN3O6S/c1-9(20-27(24,25)13-7-3-11(17)4-8-13)15(22)26-10(2)14(21)19-16(23)18-12-5-6-12/h3-4,7-10,12,20H,5-6H2,1-2H3,(H2,18,19,21,23)/t9-,10?/m0/s1. The average Bonchev–Trinajstić information content (AvgIpc) is 3.38. The maximum atomic E-state index is 12.2. The van der Waals surface area contributed by atoms with Crippen molar-refractivity contribution in [3.05, 3.63) is 29.3 Å². The zero-order chi connectivity index (χ0) is 20.2. The highest BCUT2D eigenvalue weighted by Crippen LogP contribution is 2.18. The minimum absolute atomic E-state index is 0.0675. The van der Waals surface area contributed by atoms with E-state index < -0.39 is 40.1 Å². The second kappa shape index (κ2) is 8.68. The van der Waals surface area contributed by atoms with E-state index in [1.807, 2.05) is 0 Å². The monoisotopic (exact) mass is 417 g/mol. The Balaban J connectivity index is 1.87. The molecule has 1 saturated carbocycles. The number of halogens is 1. The molecule has 2 atom stereocenters. The SMILES string of the molecule is CC(OC(=O)[C@H](C)NS(=O)(=O)c1ccc(Cl)cc1)C(=O)NC(=O)NC1CC1. The number of urea groups is 1. The van der Waals surface area contributed by atoms with Crippen molar-refractivity contribution in [1.29, 1.82) is 0 Å². The summed E-state index contributed by atoms with van der Waals surface area (Å²) >= 11 is 5.72. The maximum Gasteiger partial charge on any atom is 0.324 e. The first-order valence-electron chi connectivity index (χ1n) is 8.18. The Morgan fingerprint density at radius 2 is 1.74 bits per heavy atom. The topological polar surface area (TPSA) is 131 Å². The molecule has 9 nitrogen and oxygen atoms in total. The Kier molecular flexibility index (Phi) is 6.79. The van der Waals surface area contributed by atoms with Gasteiger partial charge in [-0.1, -0.05) is 11.6 Å². The van der Waals surface area contributed by atoms with Gasteiger partial charge in [0, 0.05) is 11.1 Å². The van der Waals surface area contributed by atoms with Crippen LogP contribution in [0.5, 0.6) is 0 Å². The van der Waals surface area contributed by atoms with E-state index in [-0.39, 0.29) is 10.9 Å². The second-order valence-electron chi connectivity index (χ2n) is 6.11. The van der Waals surface area contributed by atoms with Crippen LogP contribution in [0.3, 0.4) is 0 Å². The van der Waals surface area contributed by atoms with E-state index in [0.29, 0.717) is 5.02 Å². The van der Waals surface area contributed by atoms with Gasteiger partial charge in [-0.05, 0) is 51.0 Å². The Labute approximate surface area is 161 Å². The summed E-state index contributed by atoms with van der Waals surface area (Å²) in [6, 6.07) is 3.53. The third-order valence-electron chi connectivity index (χ3n) is 3.62. The van der Waals surface area contributed by atoms with Crippen LogP contribution >= 0.6 is 11.6 Å². The summed E-state index contributed by atoms with van der Waals surface area (Å²) in [5.74, 6) is -1.77. The number of imide groups is 1. The summed E-state index contributed by atoms with van der Waals surface area (Å²) < 4.78 is 31.5. The normalized spacial score (nSPS) is 16.1. The van der Waals surface area contributed by atoms with E-state index in [0.717, 1.165) is 12.8 Å². The summed E-state index contributed by atoms with van der Waals surface area (Å²) in [5.41, 5.74) is 0. The van der Waals surface area contributed by atoms with Gasteiger partial charge >= 0.3 is 12.0 Å². The number of rotatable bonds is 7. The number of benzene rings is 1. The van der Waals surface area contributed by atoms with Crippen LogP contribution in [0.1, 0.15) is 26.7 Å². The lowest BCUT2D eigenvalue weighted by Crippen LogP contribution is -2.47. The predicted octanol–water partition coefficient (Wildman–Crippen LogP) is 0.927. The molecule has 0 saturated heterocycles. The lowest BCUT2D eigenvalue weighted by molar-refractivity contribution is -0.155. The summed E-state index contributed by atoms with van der Waals surface area (Å²) in [4.78, 5) is 35.3. The zero-order valence-electron chi connectivity index (χ0n) is 14.7. The fourth-order valence-electron chi connectivity index (χ4n) is 1.96. The molecule has 0 spiro atoms. The number of esters is 1. The van der Waals surface area contributed by atoms with Gasteiger partial charge in [0.15, 0.2) is 6.10 Å². The molecule has 1 aromatic rings. The number of amides is 3. The van der Waals surface area contributed by atoms with E-state index in [1.54, 1.807) is 0 Å². The Morgan fingerprint density at radius 3 is 2.30 bits per heavy atom. The molecule has 148 valence electrons. The summed E-state index contributed by atoms with van der Waals surface area (Å²) in [5, 5.41) is 4.98. The minimum atomic E-state index is -3.98. The van der Waals surface area contributed by atoms with Gasteiger partial charge in [0.05, 0.1) is 4.90 Å². The molecule has 0 bridgehead atoms. The molecule has 0 heterocycles. The second-order valence-corrected chi connectivity index (χ2v) is 8.26. The predicted molar refractivity (Wildman–Crippen MR) is 96.5 cm³/mol. The summed E-state index contributed by atoms with van der Waals surface area (Å²) in [6.07, 6.45) is 0.444. The first-order chi connectivity index (χ1) is 12.6. The van der Waals surface area contributed by atoms with Crippen molar-refractivity contribution in [2.45, 2.75) is 49.8 Å². The van der Waals surface area contributed by atoms with E-state index in [2.05, 4.69) is 15.4 Å². The van der Waals surface area contributed by atoms with Crippen molar-refractivity contribution in [2.24, 2.45) is 0 Å². The van der Waals surface area contributed by atoms with Gasteiger partial charge in [0.25, 0.3) is 5.91 Å². The third-order valence-corrected chi connectivity index (χ3v) is 5.43. The van der Waals surface area contributed by atoms with E-state index in [4.69, 9.17) is 16.3 Å². The van der Waals surface area contributed by atoms with Crippen molar-refractivity contribution in [3.63, 3.8) is 0 Å². The van der Waals surface area contributed by atoms with Gasteiger partial charge in [-0.15, -0.1) is 0 Å². The summed E-state index contributed by atoms with van der Waals surface area (Å²) in [7, 11) is -3.98. The van der Waals surface area contributed by atoms with Crippen LogP contribution in [-0.2, 0) is 24.3 Å². The Hall–Kier alpha value is -2.17. The van der Waals surface area contributed by atoms with E-state index in [1.165, 1.54) is 38.1 Å². The molecule has 1 aliphatic rings. The average molecular weight is 418 g/mol. The third kappa shape index (κ3) is 6.49. The highest BCUT2D eigenvalue weighted by molar-refractivity contribution is 7.89. The van der Waals surface area contributed by atoms with Crippen molar-refractivity contribution in [3.8, 4) is 0 Å². The van der Waals surface area contributed by atoms with Crippen molar-refractivity contribution in [2.75, 3.05) is 0 Å². The quantitative estimate of drug-likeness (QED) is 0.565. The van der Waals surface area contributed by atoms with Gasteiger partial charge in [-0.2, -0.15) is 4.72 Å². The van der Waals surface area contributed by atoms with Crippen molar-refractivity contribution in [1.82, 2.24) is 15.4 Å². The van der Waals surface area contributed by atoms with Crippen LogP contribution in [0.25, 0.3) is 0 Å². The molecular formula is C16H20ClN3O6S. The van der Waals surface area contributed by atoms with Gasteiger partial charge in [0.1, 0.15) is 6.04 Å². The number of carbonyl (C=O) groups excluding carboxylic acids is 3. The molecule has 1 aromatic carbocycles. The lowest BCUT2D eigenvalue weighted by Gasteiger charge is -2.17. The fourth-order valence-corrected chi connectivity index (χ4v) is 3.27. The van der Waals surface area contributed by atoms with Gasteiger partial charge in [0.2, 0.25) is 10.0 Å². The van der Waals surface area contributed by atoms with E-state index in [9.17, 15) is 22.8 Å². The number of sulfonamides is 1. The van der Waals surface area contributed by atoms with Crippen LogP contribution < -0.4 is 15.4 Å². The molecule has 1 unspecified atom stereocenters. The molecule has 0 radical (unpaired) electrons. The molecule has 27 heavy (non-hydrogen) atoms. The first-order valence-corrected chi connectivity index (χ1v) is 10.0. The minimum Gasteiger partial charge on any atom is -0.451 e. The molecule has 3 N–H and O–H groups in total. The van der Waals surface area contributed by atoms with Crippen LogP contribution in [0.15, 0.2) is 29.2 Å². The van der Waals surface area contributed by atoms with Crippen LogP contribution in [-0.4, -0.2) is 44.5 Å². The van der Waals surface area contributed by atoms with Gasteiger partial charge in [-0.25, -0.2) is 13.2 Å².